The van der Waals surface area contributed by atoms with Crippen LogP contribution in [0, 0.1) is 7.11 Å². The van der Waals surface area contributed by atoms with Crippen LogP contribution >= 0.6 is 0 Å². The van der Waals surface area contributed by atoms with Gasteiger partial charge in [0.2, 0.25) is 0 Å². The zero-order chi connectivity index (χ0) is 8.04. The summed E-state index contributed by atoms with van der Waals surface area (Å²) in [5.41, 5.74) is -0.0187. The Morgan fingerprint density at radius 1 is 1.30 bits per heavy atom. The first-order valence-electron chi connectivity index (χ1n) is 4.05. The van der Waals surface area contributed by atoms with Crippen molar-refractivity contribution in [2.75, 3.05) is 0 Å². The van der Waals surface area contributed by atoms with E-state index in [0.717, 1.165) is 6.42 Å². The Morgan fingerprint density at radius 3 is 2.30 bits per heavy atom. The highest BCUT2D eigenvalue weighted by Crippen LogP contribution is 2.17. The molecule has 0 spiro atoms. The second-order valence-electron chi connectivity index (χ2n) is 3.36. The van der Waals surface area contributed by atoms with Crippen LogP contribution in [0.25, 0.3) is 0 Å². The molecule has 0 unspecified atom stereocenters. The average Bonchev–Trinajstić information content (AvgIpc) is 1.89. The zero-order valence-electron chi connectivity index (χ0n) is 7.44. The maximum Gasteiger partial charge on any atom is 0.0708 e. The molecule has 0 bridgehead atoms. The second-order valence-corrected chi connectivity index (χ2v) is 3.36. The summed E-state index contributed by atoms with van der Waals surface area (Å²) in [7, 11) is 3.44. The number of ether oxygens (including phenoxy) is 1. The average molecular weight is 143 g/mol. The lowest BCUT2D eigenvalue weighted by Crippen LogP contribution is -2.20. The fourth-order valence-electron chi connectivity index (χ4n) is 0.873. The SMILES string of the molecule is [CH2]OC(C)(C)CCCCC. The van der Waals surface area contributed by atoms with Gasteiger partial charge in [-0.3, -0.25) is 0 Å². The highest BCUT2D eigenvalue weighted by atomic mass is 16.5. The van der Waals surface area contributed by atoms with Gasteiger partial charge in [0.05, 0.1) is 12.7 Å². The quantitative estimate of drug-likeness (QED) is 0.537. The van der Waals surface area contributed by atoms with Gasteiger partial charge in [-0.2, -0.15) is 0 Å². The van der Waals surface area contributed by atoms with E-state index in [0.29, 0.717) is 0 Å². The van der Waals surface area contributed by atoms with Crippen molar-refractivity contribution in [2.45, 2.75) is 52.1 Å². The maximum atomic E-state index is 5.03. The summed E-state index contributed by atoms with van der Waals surface area (Å²) in [6.07, 6.45) is 4.93. The monoisotopic (exact) mass is 143 g/mol. The van der Waals surface area contributed by atoms with Gasteiger partial charge in [-0.1, -0.05) is 26.2 Å². The molecular formula is C9H19O. The van der Waals surface area contributed by atoms with Gasteiger partial charge in [0.15, 0.2) is 0 Å². The van der Waals surface area contributed by atoms with Crippen LogP contribution in [0.3, 0.4) is 0 Å². The van der Waals surface area contributed by atoms with Gasteiger partial charge >= 0.3 is 0 Å². The number of hydrogen-bond donors (Lipinski definition) is 0. The molecule has 10 heavy (non-hydrogen) atoms. The Kier molecular flexibility index (Phi) is 4.71. The van der Waals surface area contributed by atoms with E-state index in [2.05, 4.69) is 27.9 Å². The van der Waals surface area contributed by atoms with Crippen molar-refractivity contribution in [1.82, 2.24) is 0 Å². The van der Waals surface area contributed by atoms with Gasteiger partial charge in [-0.05, 0) is 20.3 Å². The van der Waals surface area contributed by atoms with Crippen molar-refractivity contribution in [3.05, 3.63) is 7.11 Å². The first-order valence-corrected chi connectivity index (χ1v) is 4.05. The van der Waals surface area contributed by atoms with Crippen LogP contribution in [0.1, 0.15) is 46.5 Å². The summed E-state index contributed by atoms with van der Waals surface area (Å²) >= 11 is 0. The predicted molar refractivity (Wildman–Crippen MR) is 44.7 cm³/mol. The first-order chi connectivity index (χ1) is 4.62. The Balaban J connectivity index is 3.28. The van der Waals surface area contributed by atoms with Gasteiger partial charge in [0.25, 0.3) is 0 Å². The molecule has 0 aliphatic heterocycles. The second kappa shape index (κ2) is 4.73. The fourth-order valence-corrected chi connectivity index (χ4v) is 0.873. The normalized spacial score (nSPS) is 12.0. The van der Waals surface area contributed by atoms with Crippen LogP contribution in [-0.2, 0) is 4.74 Å². The number of unbranched alkanes of at least 4 members (excludes halogenated alkanes) is 2. The highest BCUT2D eigenvalue weighted by Gasteiger charge is 2.14. The molecule has 61 valence electrons. The molecule has 0 aliphatic carbocycles. The topological polar surface area (TPSA) is 9.23 Å². The molecule has 0 N–H and O–H groups in total. The van der Waals surface area contributed by atoms with Crippen molar-refractivity contribution in [2.24, 2.45) is 0 Å². The summed E-state index contributed by atoms with van der Waals surface area (Å²) in [6, 6.07) is 0. The van der Waals surface area contributed by atoms with Crippen LogP contribution in [0.5, 0.6) is 0 Å². The maximum absolute atomic E-state index is 5.03. The van der Waals surface area contributed by atoms with Crippen molar-refractivity contribution < 1.29 is 4.74 Å². The van der Waals surface area contributed by atoms with E-state index in [-0.39, 0.29) is 5.60 Å². The third-order valence-corrected chi connectivity index (χ3v) is 1.77. The molecule has 0 atom stereocenters. The lowest BCUT2D eigenvalue weighted by molar-refractivity contribution is 0.0417. The third-order valence-electron chi connectivity index (χ3n) is 1.77. The molecule has 0 aromatic carbocycles. The van der Waals surface area contributed by atoms with Crippen molar-refractivity contribution in [3.8, 4) is 0 Å². The van der Waals surface area contributed by atoms with Crippen LogP contribution in [0.2, 0.25) is 0 Å². The summed E-state index contributed by atoms with van der Waals surface area (Å²) in [4.78, 5) is 0. The number of rotatable bonds is 5. The standard InChI is InChI=1S/C9H19O/c1-5-6-7-8-9(2,3)10-4/h4-8H2,1-3H3. The molecule has 0 aromatic heterocycles. The lowest BCUT2D eigenvalue weighted by atomic mass is 10.0. The molecule has 0 aromatic rings. The van der Waals surface area contributed by atoms with E-state index >= 15 is 0 Å². The summed E-state index contributed by atoms with van der Waals surface area (Å²) in [5.74, 6) is 0. The van der Waals surface area contributed by atoms with Gasteiger partial charge in [-0.25, -0.2) is 0 Å². The fraction of sp³-hybridized carbons (Fsp3) is 0.889. The zero-order valence-corrected chi connectivity index (χ0v) is 7.44. The van der Waals surface area contributed by atoms with Crippen LogP contribution < -0.4 is 0 Å². The predicted octanol–water partition coefficient (Wildman–Crippen LogP) is 3.15. The molecule has 0 saturated carbocycles. The molecular weight excluding hydrogens is 124 g/mol. The molecule has 0 saturated heterocycles. The van der Waals surface area contributed by atoms with Crippen molar-refractivity contribution in [1.29, 1.82) is 0 Å². The molecule has 0 heterocycles. The van der Waals surface area contributed by atoms with Crippen LogP contribution in [0.15, 0.2) is 0 Å². The van der Waals surface area contributed by atoms with E-state index in [1.165, 1.54) is 19.3 Å². The van der Waals surface area contributed by atoms with E-state index in [1.807, 2.05) is 0 Å². The van der Waals surface area contributed by atoms with E-state index in [4.69, 9.17) is 4.74 Å². The molecule has 0 rings (SSSR count). The molecule has 0 fully saturated rings. The Labute approximate surface area is 64.8 Å². The minimum Gasteiger partial charge on any atom is -0.373 e. The van der Waals surface area contributed by atoms with Gasteiger partial charge < -0.3 is 4.74 Å². The highest BCUT2D eigenvalue weighted by molar-refractivity contribution is 4.67. The van der Waals surface area contributed by atoms with Crippen molar-refractivity contribution in [3.63, 3.8) is 0 Å². The number of hydrogen-bond acceptors (Lipinski definition) is 1. The van der Waals surface area contributed by atoms with E-state index in [1.54, 1.807) is 0 Å². The van der Waals surface area contributed by atoms with Gasteiger partial charge in [0, 0.05) is 0 Å². The molecule has 0 aliphatic rings. The molecule has 1 heteroatoms. The molecule has 1 nitrogen and oxygen atoms in total. The van der Waals surface area contributed by atoms with Gasteiger partial charge in [-0.15, -0.1) is 0 Å². The summed E-state index contributed by atoms with van der Waals surface area (Å²) < 4.78 is 5.03. The van der Waals surface area contributed by atoms with Crippen LogP contribution in [0.4, 0.5) is 0 Å². The summed E-state index contributed by atoms with van der Waals surface area (Å²) in [6.45, 7) is 6.36. The minimum atomic E-state index is -0.0187. The van der Waals surface area contributed by atoms with E-state index < -0.39 is 0 Å². The Hall–Kier alpha value is -0.0400. The first kappa shape index (κ1) is 9.96. The van der Waals surface area contributed by atoms with Crippen LogP contribution in [-0.4, -0.2) is 5.60 Å². The molecule has 0 amide bonds. The Bertz CT molecular complexity index is 76.8. The van der Waals surface area contributed by atoms with Gasteiger partial charge in [0.1, 0.15) is 0 Å². The third kappa shape index (κ3) is 4.80. The largest absolute Gasteiger partial charge is 0.373 e. The minimum absolute atomic E-state index is 0.0187. The summed E-state index contributed by atoms with van der Waals surface area (Å²) in [5, 5.41) is 0. The smallest absolute Gasteiger partial charge is 0.0708 e. The molecule has 1 radical (unpaired) electrons. The van der Waals surface area contributed by atoms with E-state index in [9.17, 15) is 0 Å². The van der Waals surface area contributed by atoms with Crippen molar-refractivity contribution >= 4 is 0 Å². The Morgan fingerprint density at radius 2 is 1.90 bits per heavy atom. The lowest BCUT2D eigenvalue weighted by Gasteiger charge is -2.21.